The lowest BCUT2D eigenvalue weighted by Gasteiger charge is -2.10. The summed E-state index contributed by atoms with van der Waals surface area (Å²) in [6.07, 6.45) is 0. The maximum atomic E-state index is 13.4. The number of para-hydroxylation sites is 1. The van der Waals surface area contributed by atoms with E-state index in [9.17, 15) is 9.18 Å². The Morgan fingerprint density at radius 3 is 2.65 bits per heavy atom. The van der Waals surface area contributed by atoms with E-state index in [2.05, 4.69) is 26.6 Å². The summed E-state index contributed by atoms with van der Waals surface area (Å²) in [5.74, 6) is -0.616. The van der Waals surface area contributed by atoms with Gasteiger partial charge in [-0.15, -0.1) is 0 Å². The van der Waals surface area contributed by atoms with Crippen molar-refractivity contribution in [2.45, 2.75) is 6.92 Å². The number of hydrogen-bond donors (Lipinski definition) is 2. The molecule has 0 aliphatic carbocycles. The van der Waals surface area contributed by atoms with E-state index in [1.807, 2.05) is 25.1 Å². The summed E-state index contributed by atoms with van der Waals surface area (Å²) in [6, 6.07) is 11.9. The Hall–Kier alpha value is -1.88. The van der Waals surface area contributed by atoms with Crippen LogP contribution in [0.15, 0.2) is 46.9 Å². The Balaban J connectivity index is 1.94. The molecule has 0 saturated carbocycles. The molecule has 2 aromatic carbocycles. The van der Waals surface area contributed by atoms with Gasteiger partial charge in [-0.05, 0) is 52.7 Å². The standard InChI is InChI=1S/C15H14BrFN2O/c1-10-6-7-13(11(16)8-10)19-15(20)9-18-14-5-3-2-4-12(14)17/h2-8,18H,9H2,1H3,(H,19,20). The number of nitrogens with one attached hydrogen (secondary N) is 2. The highest BCUT2D eigenvalue weighted by Crippen LogP contribution is 2.23. The third-order valence-electron chi connectivity index (χ3n) is 2.71. The topological polar surface area (TPSA) is 41.1 Å². The van der Waals surface area contributed by atoms with Gasteiger partial charge in [-0.2, -0.15) is 0 Å². The third-order valence-corrected chi connectivity index (χ3v) is 3.37. The number of rotatable bonds is 4. The molecule has 0 fully saturated rings. The molecule has 2 rings (SSSR count). The second kappa shape index (κ2) is 6.52. The van der Waals surface area contributed by atoms with Gasteiger partial charge >= 0.3 is 0 Å². The Morgan fingerprint density at radius 2 is 1.95 bits per heavy atom. The second-order valence-electron chi connectivity index (χ2n) is 4.36. The lowest BCUT2D eigenvalue weighted by molar-refractivity contribution is -0.114. The van der Waals surface area contributed by atoms with Gasteiger partial charge in [0, 0.05) is 4.47 Å². The fourth-order valence-corrected chi connectivity index (χ4v) is 2.29. The van der Waals surface area contributed by atoms with Crippen LogP contribution >= 0.6 is 15.9 Å². The molecule has 0 radical (unpaired) electrons. The van der Waals surface area contributed by atoms with Crippen LogP contribution in [0.2, 0.25) is 0 Å². The lowest BCUT2D eigenvalue weighted by Crippen LogP contribution is -2.22. The number of amides is 1. The Labute approximate surface area is 125 Å². The van der Waals surface area contributed by atoms with Crippen molar-refractivity contribution in [2.24, 2.45) is 0 Å². The van der Waals surface area contributed by atoms with Crippen LogP contribution in [0.1, 0.15) is 5.56 Å². The predicted octanol–water partition coefficient (Wildman–Crippen LogP) is 3.95. The average molecular weight is 337 g/mol. The van der Waals surface area contributed by atoms with Gasteiger partial charge in [0.15, 0.2) is 0 Å². The molecule has 1 amide bonds. The quantitative estimate of drug-likeness (QED) is 0.887. The van der Waals surface area contributed by atoms with Gasteiger partial charge in [-0.3, -0.25) is 4.79 Å². The number of benzene rings is 2. The van der Waals surface area contributed by atoms with Crippen molar-refractivity contribution >= 4 is 33.2 Å². The highest BCUT2D eigenvalue weighted by atomic mass is 79.9. The van der Waals surface area contributed by atoms with Gasteiger partial charge in [0.25, 0.3) is 0 Å². The molecule has 3 nitrogen and oxygen atoms in total. The van der Waals surface area contributed by atoms with E-state index in [0.29, 0.717) is 11.4 Å². The summed E-state index contributed by atoms with van der Waals surface area (Å²) >= 11 is 3.39. The molecular weight excluding hydrogens is 323 g/mol. The van der Waals surface area contributed by atoms with Crippen LogP contribution in [0, 0.1) is 12.7 Å². The predicted molar refractivity (Wildman–Crippen MR) is 82.4 cm³/mol. The largest absolute Gasteiger partial charge is 0.374 e. The summed E-state index contributed by atoms with van der Waals surface area (Å²) < 4.78 is 14.2. The van der Waals surface area contributed by atoms with Gasteiger partial charge in [0.05, 0.1) is 17.9 Å². The molecule has 20 heavy (non-hydrogen) atoms. The molecule has 2 aromatic rings. The SMILES string of the molecule is Cc1ccc(NC(=O)CNc2ccccc2F)c(Br)c1. The first-order valence-electron chi connectivity index (χ1n) is 6.10. The lowest BCUT2D eigenvalue weighted by atomic mass is 10.2. The second-order valence-corrected chi connectivity index (χ2v) is 5.22. The van der Waals surface area contributed by atoms with Crippen molar-refractivity contribution in [1.82, 2.24) is 0 Å². The number of hydrogen-bond acceptors (Lipinski definition) is 2. The molecule has 5 heteroatoms. The van der Waals surface area contributed by atoms with Crippen molar-refractivity contribution in [3.05, 3.63) is 58.3 Å². The maximum absolute atomic E-state index is 13.4. The highest BCUT2D eigenvalue weighted by Gasteiger charge is 2.07. The van der Waals surface area contributed by atoms with Crippen LogP contribution in [0.4, 0.5) is 15.8 Å². The molecule has 104 valence electrons. The van der Waals surface area contributed by atoms with Gasteiger partial charge in [-0.25, -0.2) is 4.39 Å². The minimum absolute atomic E-state index is 0.00124. The zero-order valence-corrected chi connectivity index (χ0v) is 12.5. The van der Waals surface area contributed by atoms with E-state index in [4.69, 9.17) is 0 Å². The molecule has 0 heterocycles. The van der Waals surface area contributed by atoms with Gasteiger partial charge in [0.1, 0.15) is 5.82 Å². The Kier molecular flexibility index (Phi) is 4.74. The molecule has 0 aliphatic rings. The first kappa shape index (κ1) is 14.5. The molecule has 0 spiro atoms. The number of anilines is 2. The van der Waals surface area contributed by atoms with Crippen LogP contribution in [0.25, 0.3) is 0 Å². The van der Waals surface area contributed by atoms with Crippen molar-refractivity contribution in [3.63, 3.8) is 0 Å². The van der Waals surface area contributed by atoms with Gasteiger partial charge in [-0.1, -0.05) is 18.2 Å². The fraction of sp³-hybridized carbons (Fsp3) is 0.133. The van der Waals surface area contributed by atoms with Gasteiger partial charge in [0.2, 0.25) is 5.91 Å². The molecular formula is C15H14BrFN2O. The van der Waals surface area contributed by atoms with Crippen LogP contribution < -0.4 is 10.6 Å². The van der Waals surface area contributed by atoms with Crippen molar-refractivity contribution in [3.8, 4) is 0 Å². The Bertz CT molecular complexity index is 631. The summed E-state index contributed by atoms with van der Waals surface area (Å²) in [4.78, 5) is 11.8. The van der Waals surface area contributed by atoms with Crippen LogP contribution in [0.3, 0.4) is 0 Å². The van der Waals surface area contributed by atoms with Crippen molar-refractivity contribution in [1.29, 1.82) is 0 Å². The summed E-state index contributed by atoms with van der Waals surface area (Å²) in [5, 5.41) is 5.52. The normalized spacial score (nSPS) is 10.2. The number of halogens is 2. The minimum Gasteiger partial charge on any atom is -0.374 e. The van der Waals surface area contributed by atoms with E-state index in [1.54, 1.807) is 18.2 Å². The number of aryl methyl sites for hydroxylation is 1. The van der Waals surface area contributed by atoms with Crippen molar-refractivity contribution < 1.29 is 9.18 Å². The number of carbonyl (C=O) groups excluding carboxylic acids is 1. The third kappa shape index (κ3) is 3.81. The van der Waals surface area contributed by atoms with Crippen LogP contribution in [0.5, 0.6) is 0 Å². The van der Waals surface area contributed by atoms with E-state index in [0.717, 1.165) is 10.0 Å². The smallest absolute Gasteiger partial charge is 0.243 e. The molecule has 0 aliphatic heterocycles. The fourth-order valence-electron chi connectivity index (χ4n) is 1.70. The maximum Gasteiger partial charge on any atom is 0.243 e. The van der Waals surface area contributed by atoms with Crippen LogP contribution in [-0.2, 0) is 4.79 Å². The van der Waals surface area contributed by atoms with Crippen molar-refractivity contribution in [2.75, 3.05) is 17.2 Å². The zero-order valence-electron chi connectivity index (χ0n) is 10.9. The monoisotopic (exact) mass is 336 g/mol. The molecule has 0 unspecified atom stereocenters. The molecule has 2 N–H and O–H groups in total. The van der Waals surface area contributed by atoms with E-state index in [-0.39, 0.29) is 18.3 Å². The van der Waals surface area contributed by atoms with E-state index >= 15 is 0 Å². The Morgan fingerprint density at radius 1 is 1.20 bits per heavy atom. The average Bonchev–Trinajstić information content (AvgIpc) is 2.41. The number of carbonyl (C=O) groups is 1. The minimum atomic E-state index is -0.378. The summed E-state index contributed by atoms with van der Waals surface area (Å²) in [6.45, 7) is 1.97. The first-order valence-corrected chi connectivity index (χ1v) is 6.90. The molecule has 0 aromatic heterocycles. The van der Waals surface area contributed by atoms with E-state index < -0.39 is 0 Å². The zero-order chi connectivity index (χ0) is 14.5. The summed E-state index contributed by atoms with van der Waals surface area (Å²) in [7, 11) is 0. The van der Waals surface area contributed by atoms with Crippen LogP contribution in [-0.4, -0.2) is 12.5 Å². The first-order chi connectivity index (χ1) is 9.56. The van der Waals surface area contributed by atoms with Gasteiger partial charge < -0.3 is 10.6 Å². The molecule has 0 saturated heterocycles. The highest BCUT2D eigenvalue weighted by molar-refractivity contribution is 9.10. The van der Waals surface area contributed by atoms with E-state index in [1.165, 1.54) is 6.07 Å². The summed E-state index contributed by atoms with van der Waals surface area (Å²) in [5.41, 5.74) is 2.10. The molecule has 0 bridgehead atoms. The molecule has 0 atom stereocenters.